The van der Waals surface area contributed by atoms with Gasteiger partial charge in [0, 0.05) is 11.6 Å². The molecule has 2 aromatic rings. The Bertz CT molecular complexity index is 673. The Kier molecular flexibility index (Phi) is 6.57. The number of hydrogen-bond acceptors (Lipinski definition) is 5. The zero-order valence-corrected chi connectivity index (χ0v) is 13.9. The number of benzene rings is 2. The molecule has 0 aliphatic heterocycles. The van der Waals surface area contributed by atoms with Crippen molar-refractivity contribution in [3.05, 3.63) is 60.7 Å². The molecule has 2 aromatic carbocycles. The number of phenolic OH excluding ortho intramolecular Hbond substituents is 1. The summed E-state index contributed by atoms with van der Waals surface area (Å²) in [7, 11) is 4.93. The van der Waals surface area contributed by atoms with E-state index in [2.05, 4.69) is 4.74 Å². The molecule has 0 saturated heterocycles. The third kappa shape index (κ3) is 3.93. The first kappa shape index (κ1) is 17.9. The quantitative estimate of drug-likeness (QED) is 0.440. The van der Waals surface area contributed by atoms with Crippen LogP contribution < -0.4 is 34.3 Å². The van der Waals surface area contributed by atoms with Gasteiger partial charge in [-0.1, -0.05) is 30.3 Å². The van der Waals surface area contributed by atoms with Crippen LogP contribution in [-0.4, -0.2) is 19.7 Å². The molecular weight excluding hydrogens is 303 g/mol. The number of rotatable bonds is 4. The largest absolute Gasteiger partial charge is 1.00 e. The van der Waals surface area contributed by atoms with Crippen molar-refractivity contribution in [2.24, 2.45) is 0 Å². The third-order valence-corrected chi connectivity index (χ3v) is 3.33. The minimum atomic E-state index is -2.65. The summed E-state index contributed by atoms with van der Waals surface area (Å²) in [4.78, 5) is 11.9. The Balaban J connectivity index is 0.00000220. The molecule has 2 radical (unpaired) electrons. The molecule has 0 fully saturated rings. The molecule has 1 atom stereocenters. The van der Waals surface area contributed by atoms with Gasteiger partial charge in [0.15, 0.2) is 12.9 Å². The molecule has 0 heterocycles. The Morgan fingerprint density at radius 3 is 2.38 bits per heavy atom. The molecule has 1 N–H and O–H groups in total. The first-order valence-corrected chi connectivity index (χ1v) is 6.55. The van der Waals surface area contributed by atoms with Crippen LogP contribution in [0.1, 0.15) is 15.9 Å². The monoisotopic (exact) mass is 312 g/mol. The van der Waals surface area contributed by atoms with Gasteiger partial charge < -0.3 is 14.4 Å². The number of ether oxygens (including phenoxy) is 1. The summed E-state index contributed by atoms with van der Waals surface area (Å²) < 4.78 is 26.5. The van der Waals surface area contributed by atoms with E-state index in [4.69, 9.17) is 7.11 Å². The number of ketones is 1. The fourth-order valence-corrected chi connectivity index (χ4v) is 2.18. The second-order valence-electron chi connectivity index (χ2n) is 3.86. The number of hydrogen-bond donors (Lipinski definition) is 1. The summed E-state index contributed by atoms with van der Waals surface area (Å²) in [6, 6.07) is 10.2. The van der Waals surface area contributed by atoms with Crippen molar-refractivity contribution >= 4 is 16.9 Å². The first-order valence-electron chi connectivity index (χ1n) is 5.47. The second kappa shape index (κ2) is 7.72. The van der Waals surface area contributed by atoms with Gasteiger partial charge in [-0.25, -0.2) is 0 Å². The fourth-order valence-electron chi connectivity index (χ4n) is 1.70. The third-order valence-electron chi connectivity index (χ3n) is 2.65. The zero-order valence-electron chi connectivity index (χ0n) is 11.1. The van der Waals surface area contributed by atoms with Crippen LogP contribution in [0.5, 0.6) is 11.5 Å². The molecule has 0 saturated carbocycles. The van der Waals surface area contributed by atoms with Gasteiger partial charge in [-0.05, 0) is 17.1 Å². The van der Waals surface area contributed by atoms with E-state index < -0.39 is 22.6 Å². The van der Waals surface area contributed by atoms with Crippen LogP contribution in [0, 0.1) is 7.11 Å². The van der Waals surface area contributed by atoms with Gasteiger partial charge in [-0.15, -0.1) is 0 Å². The molecule has 0 aliphatic rings. The van der Waals surface area contributed by atoms with Gasteiger partial charge in [0.25, 0.3) is 0 Å². The molecule has 2 rings (SSSR count). The van der Waals surface area contributed by atoms with Crippen LogP contribution >= 0.6 is 0 Å². The zero-order chi connectivity index (χ0) is 14.7. The maximum atomic E-state index is 12.2. The summed E-state index contributed by atoms with van der Waals surface area (Å²) >= 11 is -2.65. The fraction of sp³-hybridized carbons (Fsp3) is 0. The van der Waals surface area contributed by atoms with Crippen LogP contribution in [0.15, 0.2) is 47.4 Å². The summed E-state index contributed by atoms with van der Waals surface area (Å²) in [5.41, 5.74) is 0.183. The maximum absolute atomic E-state index is 12.2. The molecular formula is C14H9NaO5S. The normalized spacial score (nSPS) is 11.3. The van der Waals surface area contributed by atoms with E-state index in [0.29, 0.717) is 5.56 Å². The van der Waals surface area contributed by atoms with Gasteiger partial charge in [-0.3, -0.25) is 9.00 Å². The van der Waals surface area contributed by atoms with Gasteiger partial charge in [0.1, 0.15) is 11.5 Å². The Hall–Kier alpha value is -1.18. The van der Waals surface area contributed by atoms with E-state index in [1.165, 1.54) is 0 Å². The molecule has 0 bridgehead atoms. The first-order chi connectivity index (χ1) is 9.54. The average Bonchev–Trinajstić information content (AvgIpc) is 2.46. The molecule has 7 heteroatoms. The predicted molar refractivity (Wildman–Crippen MR) is 70.1 cm³/mol. The molecule has 0 aliphatic carbocycles. The molecule has 1 unspecified atom stereocenters. The molecule has 102 valence electrons. The van der Waals surface area contributed by atoms with E-state index in [9.17, 15) is 18.7 Å². The number of aromatic hydroxyl groups is 1. The Morgan fingerprint density at radius 1 is 1.24 bits per heavy atom. The van der Waals surface area contributed by atoms with Crippen LogP contribution in [0.2, 0.25) is 0 Å². The number of carbonyl (C=O) groups excluding carboxylic acids is 1. The summed E-state index contributed by atoms with van der Waals surface area (Å²) in [5, 5.41) is 9.80. The smallest absolute Gasteiger partial charge is 0.768 e. The average molecular weight is 312 g/mol. The summed E-state index contributed by atoms with van der Waals surface area (Å²) in [5.74, 6) is -1.15. The minimum absolute atomic E-state index is 0. The van der Waals surface area contributed by atoms with E-state index in [0.717, 1.165) is 12.1 Å². The predicted octanol–water partition coefficient (Wildman–Crippen LogP) is -1.09. The van der Waals surface area contributed by atoms with Crippen LogP contribution in [0.4, 0.5) is 0 Å². The molecule has 0 spiro atoms. The Morgan fingerprint density at radius 2 is 1.86 bits per heavy atom. The van der Waals surface area contributed by atoms with Crippen LogP contribution in [0.3, 0.4) is 0 Å². The summed E-state index contributed by atoms with van der Waals surface area (Å²) in [6.45, 7) is 0. The standard InChI is InChI=1S/C14H10O5S.Na/c1-19-12-8-11(15)10(7-13(12)20(17)18)14(16)9-5-3-2-4-6-9;/h1-8,15H,(H,17,18);/q;+1/p-1. The molecule has 0 amide bonds. The van der Waals surface area contributed by atoms with Crippen molar-refractivity contribution in [2.75, 3.05) is 0 Å². The van der Waals surface area contributed by atoms with Crippen molar-refractivity contribution in [3.63, 3.8) is 0 Å². The van der Waals surface area contributed by atoms with E-state index in [-0.39, 0.29) is 45.8 Å². The van der Waals surface area contributed by atoms with Gasteiger partial charge in [-0.2, -0.15) is 0 Å². The van der Waals surface area contributed by atoms with Crippen LogP contribution in [0.25, 0.3) is 0 Å². The Labute approximate surface area is 146 Å². The molecule has 5 nitrogen and oxygen atoms in total. The van der Waals surface area contributed by atoms with Gasteiger partial charge >= 0.3 is 29.6 Å². The number of phenols is 1. The van der Waals surface area contributed by atoms with E-state index in [1.807, 2.05) is 0 Å². The SMILES string of the molecule is [CH]Oc1cc(O)c(C(=O)c2ccccc2)cc1S(=O)[O-].[Na+]. The minimum Gasteiger partial charge on any atom is -0.768 e. The topological polar surface area (TPSA) is 86.7 Å². The summed E-state index contributed by atoms with van der Waals surface area (Å²) in [6.07, 6.45) is 0. The van der Waals surface area contributed by atoms with Crippen molar-refractivity contribution in [1.82, 2.24) is 0 Å². The van der Waals surface area contributed by atoms with Gasteiger partial charge in [0.2, 0.25) is 0 Å². The van der Waals surface area contributed by atoms with Gasteiger partial charge in [0.05, 0.1) is 10.5 Å². The molecule has 21 heavy (non-hydrogen) atoms. The van der Waals surface area contributed by atoms with Crippen molar-refractivity contribution < 1.29 is 53.0 Å². The van der Waals surface area contributed by atoms with Crippen LogP contribution in [-0.2, 0) is 11.1 Å². The van der Waals surface area contributed by atoms with E-state index in [1.54, 1.807) is 30.3 Å². The van der Waals surface area contributed by atoms with E-state index >= 15 is 0 Å². The maximum Gasteiger partial charge on any atom is 1.00 e. The van der Waals surface area contributed by atoms with Crippen molar-refractivity contribution in [3.8, 4) is 11.5 Å². The van der Waals surface area contributed by atoms with Crippen molar-refractivity contribution in [2.45, 2.75) is 4.90 Å². The number of carbonyl (C=O) groups is 1. The molecule has 0 aromatic heterocycles. The second-order valence-corrected chi connectivity index (χ2v) is 4.77. The van der Waals surface area contributed by atoms with Crippen molar-refractivity contribution in [1.29, 1.82) is 0 Å².